The molecule has 0 N–H and O–H groups in total. The summed E-state index contributed by atoms with van der Waals surface area (Å²) in [5.74, 6) is -0.0897. The van der Waals surface area contributed by atoms with Gasteiger partial charge in [-0.1, -0.05) is 0 Å². The predicted octanol–water partition coefficient (Wildman–Crippen LogP) is 0.249. The number of rotatable bonds is 3. The monoisotopic (exact) mass is 154 g/mol. The lowest BCUT2D eigenvalue weighted by Crippen LogP contribution is -2.08. The van der Waals surface area contributed by atoms with Crippen LogP contribution in [0.2, 0.25) is 0 Å². The first-order valence-corrected chi connectivity index (χ1v) is 3.26. The van der Waals surface area contributed by atoms with E-state index in [4.69, 9.17) is 0 Å². The number of Topliss-reactive ketones (excluding diaryl/α,β-unsaturated/α-hetero) is 1. The summed E-state index contributed by atoms with van der Waals surface area (Å²) in [4.78, 5) is 11.1. The number of aromatic nitrogens is 2. The van der Waals surface area contributed by atoms with Crippen LogP contribution in [0.3, 0.4) is 0 Å². The van der Waals surface area contributed by atoms with Crippen LogP contribution in [0, 0.1) is 0 Å². The van der Waals surface area contributed by atoms with Crippen LogP contribution in [0.1, 0.15) is 10.5 Å². The number of methoxy groups -OCH3 is 1. The Hall–Kier alpha value is -1.16. The van der Waals surface area contributed by atoms with E-state index in [0.717, 1.165) is 0 Å². The van der Waals surface area contributed by atoms with Crippen LogP contribution >= 0.6 is 0 Å². The van der Waals surface area contributed by atoms with Gasteiger partial charge in [-0.3, -0.25) is 9.48 Å². The highest BCUT2D eigenvalue weighted by Crippen LogP contribution is 1.95. The Bertz CT molecular complexity index is 255. The van der Waals surface area contributed by atoms with Gasteiger partial charge >= 0.3 is 0 Å². The lowest BCUT2D eigenvalue weighted by molar-refractivity contribution is 0.0842. The minimum Gasteiger partial charge on any atom is -0.376 e. The number of nitrogens with zero attached hydrogens (tertiary/aromatic N) is 2. The molecule has 0 aromatic carbocycles. The first-order valence-electron chi connectivity index (χ1n) is 3.26. The summed E-state index contributed by atoms with van der Waals surface area (Å²) >= 11 is 0. The molecule has 0 atom stereocenters. The molecule has 0 spiro atoms. The van der Waals surface area contributed by atoms with Gasteiger partial charge in [-0.05, 0) is 6.07 Å². The maximum absolute atomic E-state index is 11.1. The quantitative estimate of drug-likeness (QED) is 0.586. The molecular formula is C7H10N2O2. The average Bonchev–Trinajstić information content (AvgIpc) is 2.36. The fourth-order valence-corrected chi connectivity index (χ4v) is 0.769. The fraction of sp³-hybridized carbons (Fsp3) is 0.429. The lowest BCUT2D eigenvalue weighted by atomic mass is 10.3. The molecule has 0 unspecified atom stereocenters. The molecule has 1 heterocycles. The van der Waals surface area contributed by atoms with E-state index in [-0.39, 0.29) is 12.4 Å². The van der Waals surface area contributed by atoms with Crippen molar-refractivity contribution in [3.05, 3.63) is 18.0 Å². The molecule has 4 heteroatoms. The Kier molecular flexibility index (Phi) is 2.38. The lowest BCUT2D eigenvalue weighted by Gasteiger charge is -1.92. The number of ether oxygens (including phenoxy) is 1. The van der Waals surface area contributed by atoms with Crippen LogP contribution in [0.15, 0.2) is 12.3 Å². The molecule has 0 amide bonds. The highest BCUT2D eigenvalue weighted by Gasteiger charge is 2.06. The number of hydrogen-bond acceptors (Lipinski definition) is 3. The van der Waals surface area contributed by atoms with Gasteiger partial charge in [-0.2, -0.15) is 5.10 Å². The molecule has 11 heavy (non-hydrogen) atoms. The van der Waals surface area contributed by atoms with Gasteiger partial charge in [-0.15, -0.1) is 0 Å². The van der Waals surface area contributed by atoms with Gasteiger partial charge in [0.05, 0.1) is 0 Å². The predicted molar refractivity (Wildman–Crippen MR) is 39.4 cm³/mol. The minimum atomic E-state index is -0.0897. The third-order valence-corrected chi connectivity index (χ3v) is 1.27. The van der Waals surface area contributed by atoms with Crippen molar-refractivity contribution in [3.8, 4) is 0 Å². The third kappa shape index (κ3) is 1.88. The minimum absolute atomic E-state index is 0.0897. The van der Waals surface area contributed by atoms with Crippen molar-refractivity contribution in [2.75, 3.05) is 13.7 Å². The fourth-order valence-electron chi connectivity index (χ4n) is 0.769. The van der Waals surface area contributed by atoms with Gasteiger partial charge in [0.25, 0.3) is 0 Å². The van der Waals surface area contributed by atoms with Crippen molar-refractivity contribution in [1.29, 1.82) is 0 Å². The summed E-state index contributed by atoms with van der Waals surface area (Å²) in [7, 11) is 3.25. The highest BCUT2D eigenvalue weighted by atomic mass is 16.5. The van der Waals surface area contributed by atoms with E-state index in [0.29, 0.717) is 5.69 Å². The maximum atomic E-state index is 11.1. The van der Waals surface area contributed by atoms with E-state index in [2.05, 4.69) is 9.84 Å². The largest absolute Gasteiger partial charge is 0.376 e. The Morgan fingerprint density at radius 3 is 3.00 bits per heavy atom. The maximum Gasteiger partial charge on any atom is 0.208 e. The van der Waals surface area contributed by atoms with E-state index in [1.54, 1.807) is 24.0 Å². The Morgan fingerprint density at radius 1 is 1.82 bits per heavy atom. The van der Waals surface area contributed by atoms with Gasteiger partial charge in [0, 0.05) is 20.4 Å². The topological polar surface area (TPSA) is 44.1 Å². The van der Waals surface area contributed by atoms with Gasteiger partial charge in [0.15, 0.2) is 0 Å². The Labute approximate surface area is 64.8 Å². The molecule has 0 aliphatic rings. The van der Waals surface area contributed by atoms with Crippen molar-refractivity contribution in [2.24, 2.45) is 7.05 Å². The molecule has 0 aliphatic heterocycles. The van der Waals surface area contributed by atoms with Crippen molar-refractivity contribution < 1.29 is 9.53 Å². The number of carbonyl (C=O) groups excluding carboxylic acids is 1. The van der Waals surface area contributed by atoms with Gasteiger partial charge < -0.3 is 4.74 Å². The Morgan fingerprint density at radius 2 is 2.55 bits per heavy atom. The number of hydrogen-bond donors (Lipinski definition) is 0. The SMILES string of the molecule is COCC(=O)c1ccn(C)n1. The molecule has 0 aliphatic carbocycles. The van der Waals surface area contributed by atoms with Gasteiger partial charge in [0.2, 0.25) is 5.78 Å². The molecule has 1 aromatic rings. The molecule has 0 radical (unpaired) electrons. The van der Waals surface area contributed by atoms with E-state index in [1.165, 1.54) is 7.11 Å². The summed E-state index contributed by atoms with van der Waals surface area (Å²) < 4.78 is 6.25. The molecule has 0 bridgehead atoms. The number of carbonyl (C=O) groups is 1. The normalized spacial score (nSPS) is 10.0. The van der Waals surface area contributed by atoms with Crippen LogP contribution in [-0.4, -0.2) is 29.3 Å². The second-order valence-electron chi connectivity index (χ2n) is 2.23. The van der Waals surface area contributed by atoms with Crippen molar-refractivity contribution in [1.82, 2.24) is 9.78 Å². The first kappa shape index (κ1) is 7.94. The summed E-state index contributed by atoms with van der Waals surface area (Å²) in [5.41, 5.74) is 0.453. The van der Waals surface area contributed by atoms with E-state index in [9.17, 15) is 4.79 Å². The summed E-state index contributed by atoms with van der Waals surface area (Å²) in [6, 6.07) is 1.67. The second-order valence-corrected chi connectivity index (χ2v) is 2.23. The molecular weight excluding hydrogens is 144 g/mol. The standard InChI is InChI=1S/C7H10N2O2/c1-9-4-3-6(8-9)7(10)5-11-2/h3-4H,5H2,1-2H3. The van der Waals surface area contributed by atoms with Crippen LogP contribution in [0.4, 0.5) is 0 Å². The smallest absolute Gasteiger partial charge is 0.208 e. The van der Waals surface area contributed by atoms with E-state index >= 15 is 0 Å². The van der Waals surface area contributed by atoms with Gasteiger partial charge in [-0.25, -0.2) is 0 Å². The van der Waals surface area contributed by atoms with Crippen molar-refractivity contribution >= 4 is 5.78 Å². The zero-order valence-corrected chi connectivity index (χ0v) is 6.57. The molecule has 1 rings (SSSR count). The molecule has 0 saturated heterocycles. The second kappa shape index (κ2) is 3.30. The molecule has 0 saturated carbocycles. The summed E-state index contributed by atoms with van der Waals surface area (Å²) in [6.45, 7) is 0.0943. The molecule has 1 aromatic heterocycles. The first-order chi connectivity index (χ1) is 5.24. The highest BCUT2D eigenvalue weighted by molar-refractivity contribution is 5.95. The van der Waals surface area contributed by atoms with Crippen LogP contribution < -0.4 is 0 Å². The van der Waals surface area contributed by atoms with E-state index in [1.807, 2.05) is 0 Å². The van der Waals surface area contributed by atoms with Gasteiger partial charge in [0.1, 0.15) is 12.3 Å². The molecule has 60 valence electrons. The van der Waals surface area contributed by atoms with E-state index < -0.39 is 0 Å². The van der Waals surface area contributed by atoms with Crippen molar-refractivity contribution in [3.63, 3.8) is 0 Å². The van der Waals surface area contributed by atoms with Crippen LogP contribution in [-0.2, 0) is 11.8 Å². The van der Waals surface area contributed by atoms with Crippen LogP contribution in [0.5, 0.6) is 0 Å². The summed E-state index contributed by atoms with van der Waals surface area (Å²) in [5, 5.41) is 3.92. The zero-order valence-electron chi connectivity index (χ0n) is 6.57. The third-order valence-electron chi connectivity index (χ3n) is 1.27. The van der Waals surface area contributed by atoms with Crippen molar-refractivity contribution in [2.45, 2.75) is 0 Å². The molecule has 0 fully saturated rings. The summed E-state index contributed by atoms with van der Waals surface area (Å²) in [6.07, 6.45) is 1.73. The molecule has 4 nitrogen and oxygen atoms in total. The van der Waals surface area contributed by atoms with Crippen LogP contribution in [0.25, 0.3) is 0 Å². The number of aryl methyl sites for hydroxylation is 1. The Balaban J connectivity index is 2.69. The number of ketones is 1. The average molecular weight is 154 g/mol. The zero-order chi connectivity index (χ0) is 8.27.